The fourth-order valence-corrected chi connectivity index (χ4v) is 4.22. The maximum Gasteiger partial charge on any atom is 0.338 e. The van der Waals surface area contributed by atoms with Crippen molar-refractivity contribution in [3.8, 4) is 0 Å². The molecule has 1 N–H and O–H groups in total. The van der Waals surface area contributed by atoms with E-state index < -0.39 is 35.5 Å². The number of ether oxygens (including phenoxy) is 3. The minimum atomic E-state index is -2.24. The maximum atomic E-state index is 16.6. The van der Waals surface area contributed by atoms with Gasteiger partial charge in [-0.3, -0.25) is 9.36 Å². The van der Waals surface area contributed by atoms with E-state index in [4.69, 9.17) is 14.2 Å². The Labute approximate surface area is 208 Å². The number of halogens is 1. The van der Waals surface area contributed by atoms with E-state index in [1.54, 1.807) is 30.3 Å². The Morgan fingerprint density at radius 3 is 2.58 bits per heavy atom. The van der Waals surface area contributed by atoms with E-state index in [0.29, 0.717) is 35.0 Å². The number of anilines is 1. The van der Waals surface area contributed by atoms with Crippen LogP contribution in [0.25, 0.3) is 11.2 Å². The molecule has 0 unspecified atom stereocenters. The Bertz CT molecular complexity index is 1250. The number of hydrogen-bond acceptors (Lipinski definition) is 9. The molecular formula is C25H30FN5O5. The van der Waals surface area contributed by atoms with Crippen molar-refractivity contribution >= 4 is 28.9 Å². The van der Waals surface area contributed by atoms with E-state index >= 15 is 4.39 Å². The van der Waals surface area contributed by atoms with Gasteiger partial charge in [0.1, 0.15) is 19.0 Å². The number of nitrogens with one attached hydrogen (secondary N) is 1. The molecule has 0 spiro atoms. The molecule has 0 radical (unpaired) electrons. The monoisotopic (exact) mass is 499 g/mol. The van der Waals surface area contributed by atoms with Crippen molar-refractivity contribution in [2.24, 2.45) is 5.92 Å². The predicted octanol–water partition coefficient (Wildman–Crippen LogP) is 3.70. The summed E-state index contributed by atoms with van der Waals surface area (Å²) in [5, 5.41) is 3.22. The molecule has 0 amide bonds. The third kappa shape index (κ3) is 4.62. The zero-order valence-electron chi connectivity index (χ0n) is 20.9. The summed E-state index contributed by atoms with van der Waals surface area (Å²) in [5.41, 5.74) is -2.89. The molecular weight excluding hydrogens is 469 g/mol. The summed E-state index contributed by atoms with van der Waals surface area (Å²) >= 11 is 0. The van der Waals surface area contributed by atoms with Gasteiger partial charge in [0.15, 0.2) is 34.5 Å². The number of hydrogen-bond donors (Lipinski definition) is 1. The molecule has 192 valence electrons. The van der Waals surface area contributed by atoms with Gasteiger partial charge in [-0.2, -0.15) is 0 Å². The van der Waals surface area contributed by atoms with Crippen molar-refractivity contribution in [3.63, 3.8) is 0 Å². The van der Waals surface area contributed by atoms with Crippen molar-refractivity contribution in [2.75, 3.05) is 18.5 Å². The Morgan fingerprint density at radius 1 is 1.19 bits per heavy atom. The Morgan fingerprint density at radius 2 is 1.92 bits per heavy atom. The van der Waals surface area contributed by atoms with Crippen LogP contribution < -0.4 is 5.32 Å². The van der Waals surface area contributed by atoms with Crippen LogP contribution in [0.5, 0.6) is 0 Å². The van der Waals surface area contributed by atoms with Crippen LogP contribution in [0.2, 0.25) is 0 Å². The van der Waals surface area contributed by atoms with Crippen LogP contribution in [0.4, 0.5) is 10.2 Å². The topological polar surface area (TPSA) is 117 Å². The molecule has 1 saturated heterocycles. The molecule has 4 atom stereocenters. The quantitative estimate of drug-likeness (QED) is 0.463. The van der Waals surface area contributed by atoms with Crippen LogP contribution in [-0.4, -0.2) is 62.0 Å². The summed E-state index contributed by atoms with van der Waals surface area (Å²) in [5.74, 6) is -0.409. The standard InChI is InChI=1S/C25H30FN5O5/c1-15(2)11-27-20-19-21(29-13-28-20)31(14-30-19)23-24(4,26)25(5,36-16(3)32)18(35-23)12-34-22(33)17-9-7-6-8-10-17/h6-10,13-15,18,23H,11-12H2,1-5H3,(H,27,28,29)/t18-,23-,24+,25-/m1/s1. The van der Waals surface area contributed by atoms with Gasteiger partial charge in [-0.15, -0.1) is 0 Å². The highest BCUT2D eigenvalue weighted by Crippen LogP contribution is 2.51. The minimum absolute atomic E-state index is 0.336. The molecule has 0 bridgehead atoms. The van der Waals surface area contributed by atoms with Gasteiger partial charge in [0, 0.05) is 13.5 Å². The number of benzene rings is 1. The summed E-state index contributed by atoms with van der Waals surface area (Å²) in [4.78, 5) is 37.4. The summed E-state index contributed by atoms with van der Waals surface area (Å²) in [7, 11) is 0. The molecule has 1 aromatic carbocycles. The lowest BCUT2D eigenvalue weighted by Crippen LogP contribution is -2.55. The Hall–Kier alpha value is -3.60. The molecule has 2 aromatic heterocycles. The second kappa shape index (κ2) is 9.81. The summed E-state index contributed by atoms with van der Waals surface area (Å²) in [6, 6.07) is 8.39. The molecule has 36 heavy (non-hydrogen) atoms. The molecule has 1 aliphatic heterocycles. The first kappa shape index (κ1) is 25.5. The van der Waals surface area contributed by atoms with Crippen molar-refractivity contribution in [1.82, 2.24) is 19.5 Å². The van der Waals surface area contributed by atoms with Crippen LogP contribution in [0.1, 0.15) is 51.2 Å². The van der Waals surface area contributed by atoms with E-state index in [-0.39, 0.29) is 6.61 Å². The third-order valence-corrected chi connectivity index (χ3v) is 6.36. The van der Waals surface area contributed by atoms with E-state index in [1.807, 2.05) is 0 Å². The third-order valence-electron chi connectivity index (χ3n) is 6.36. The van der Waals surface area contributed by atoms with Crippen LogP contribution in [0.15, 0.2) is 43.0 Å². The highest BCUT2D eigenvalue weighted by Gasteiger charge is 2.66. The molecule has 0 saturated carbocycles. The van der Waals surface area contributed by atoms with Crippen molar-refractivity contribution in [1.29, 1.82) is 0 Å². The zero-order chi connectivity index (χ0) is 26.1. The van der Waals surface area contributed by atoms with Gasteiger partial charge < -0.3 is 19.5 Å². The average molecular weight is 500 g/mol. The Kier molecular flexibility index (Phi) is 6.94. The molecule has 1 fully saturated rings. The summed E-state index contributed by atoms with van der Waals surface area (Å²) in [6.07, 6.45) is 0.388. The molecule has 4 rings (SSSR count). The van der Waals surface area contributed by atoms with Gasteiger partial charge in [0.25, 0.3) is 0 Å². The fraction of sp³-hybridized carbons (Fsp3) is 0.480. The SMILES string of the molecule is CC(=O)O[C@]1(C)[C@@H](COC(=O)c2ccccc2)O[C@@H](n2cnc3c(NCC(C)C)ncnc32)[C@]1(C)F. The lowest BCUT2D eigenvalue weighted by atomic mass is 9.84. The smallest absolute Gasteiger partial charge is 0.338 e. The van der Waals surface area contributed by atoms with Gasteiger partial charge in [-0.05, 0) is 31.9 Å². The van der Waals surface area contributed by atoms with Gasteiger partial charge >= 0.3 is 11.9 Å². The molecule has 11 heteroatoms. The van der Waals surface area contributed by atoms with E-state index in [0.717, 1.165) is 0 Å². The van der Waals surface area contributed by atoms with Crippen molar-refractivity contribution in [3.05, 3.63) is 48.5 Å². The lowest BCUT2D eigenvalue weighted by Gasteiger charge is -2.36. The summed E-state index contributed by atoms with van der Waals surface area (Å²) in [6.45, 7) is 8.35. The maximum absolute atomic E-state index is 16.6. The number of alkyl halides is 1. The fourth-order valence-electron chi connectivity index (χ4n) is 4.22. The number of aromatic nitrogens is 4. The number of carbonyl (C=O) groups is 2. The van der Waals surface area contributed by atoms with Crippen LogP contribution in [-0.2, 0) is 19.0 Å². The molecule has 3 aromatic rings. The van der Waals surface area contributed by atoms with Gasteiger partial charge in [0.2, 0.25) is 0 Å². The predicted molar refractivity (Wildman–Crippen MR) is 129 cm³/mol. The number of esters is 2. The first-order valence-corrected chi connectivity index (χ1v) is 11.7. The lowest BCUT2D eigenvalue weighted by molar-refractivity contribution is -0.175. The highest BCUT2D eigenvalue weighted by atomic mass is 19.1. The average Bonchev–Trinajstić information content (AvgIpc) is 3.33. The number of nitrogens with zero attached hydrogens (tertiary/aromatic N) is 4. The summed E-state index contributed by atoms with van der Waals surface area (Å²) < 4.78 is 35.0. The van der Waals surface area contributed by atoms with Crippen LogP contribution in [0, 0.1) is 5.92 Å². The van der Waals surface area contributed by atoms with E-state index in [9.17, 15) is 9.59 Å². The van der Waals surface area contributed by atoms with Gasteiger partial charge in [-0.25, -0.2) is 24.1 Å². The minimum Gasteiger partial charge on any atom is -0.459 e. The first-order chi connectivity index (χ1) is 17.0. The number of carbonyl (C=O) groups excluding carboxylic acids is 2. The van der Waals surface area contributed by atoms with E-state index in [1.165, 1.54) is 38.0 Å². The number of rotatable bonds is 8. The first-order valence-electron chi connectivity index (χ1n) is 11.7. The van der Waals surface area contributed by atoms with Crippen LogP contribution in [0.3, 0.4) is 0 Å². The normalized spacial score (nSPS) is 25.8. The number of imidazole rings is 1. The second-order valence-corrected chi connectivity index (χ2v) is 9.54. The molecule has 10 nitrogen and oxygen atoms in total. The molecule has 0 aliphatic carbocycles. The molecule has 3 heterocycles. The van der Waals surface area contributed by atoms with Gasteiger partial charge in [-0.1, -0.05) is 32.0 Å². The van der Waals surface area contributed by atoms with Crippen LogP contribution >= 0.6 is 0 Å². The Balaban J connectivity index is 1.65. The van der Waals surface area contributed by atoms with Crippen molar-refractivity contribution in [2.45, 2.75) is 58.2 Å². The highest BCUT2D eigenvalue weighted by molar-refractivity contribution is 5.89. The second-order valence-electron chi connectivity index (χ2n) is 9.54. The molecule has 1 aliphatic rings. The number of fused-ring (bicyclic) bond motifs is 1. The van der Waals surface area contributed by atoms with Gasteiger partial charge in [0.05, 0.1) is 11.9 Å². The van der Waals surface area contributed by atoms with E-state index in [2.05, 4.69) is 34.1 Å². The largest absolute Gasteiger partial charge is 0.459 e. The van der Waals surface area contributed by atoms with Crippen molar-refractivity contribution < 1.29 is 28.2 Å². The zero-order valence-corrected chi connectivity index (χ0v) is 20.9.